The fraction of sp³-hybridized carbons (Fsp3) is 0.250. The first-order chi connectivity index (χ1) is 12.1. The van der Waals surface area contributed by atoms with Crippen LogP contribution in [0.15, 0.2) is 51.7 Å². The third-order valence-corrected chi connectivity index (χ3v) is 4.27. The Morgan fingerprint density at radius 2 is 1.80 bits per heavy atom. The Kier molecular flexibility index (Phi) is 4.93. The van der Waals surface area contributed by atoms with Crippen LogP contribution in [0.1, 0.15) is 24.0 Å². The van der Waals surface area contributed by atoms with Crippen molar-refractivity contribution in [1.82, 2.24) is 0 Å². The number of phenols is 1. The SMILES string of the molecule is COc1ccccc1CCCCc1c(O)c2ccc(O)cc2oc1=O. The Balaban J connectivity index is 1.71. The van der Waals surface area contributed by atoms with Gasteiger partial charge in [0, 0.05) is 6.07 Å². The summed E-state index contributed by atoms with van der Waals surface area (Å²) in [6, 6.07) is 12.2. The van der Waals surface area contributed by atoms with Crippen molar-refractivity contribution in [3.8, 4) is 17.2 Å². The van der Waals surface area contributed by atoms with Crippen molar-refractivity contribution in [1.29, 1.82) is 0 Å². The summed E-state index contributed by atoms with van der Waals surface area (Å²) in [6.45, 7) is 0. The van der Waals surface area contributed by atoms with Crippen molar-refractivity contribution >= 4 is 11.0 Å². The summed E-state index contributed by atoms with van der Waals surface area (Å²) in [5.41, 5.74) is 1.02. The normalized spacial score (nSPS) is 10.9. The van der Waals surface area contributed by atoms with E-state index in [1.807, 2.05) is 24.3 Å². The van der Waals surface area contributed by atoms with Crippen LogP contribution in [-0.2, 0) is 12.8 Å². The first-order valence-electron chi connectivity index (χ1n) is 8.19. The first-order valence-corrected chi connectivity index (χ1v) is 8.19. The van der Waals surface area contributed by atoms with E-state index < -0.39 is 5.63 Å². The molecule has 1 heterocycles. The van der Waals surface area contributed by atoms with Crippen LogP contribution >= 0.6 is 0 Å². The van der Waals surface area contributed by atoms with Crippen molar-refractivity contribution in [3.63, 3.8) is 0 Å². The molecule has 3 aromatic rings. The van der Waals surface area contributed by atoms with Crippen LogP contribution < -0.4 is 10.4 Å². The molecule has 5 nitrogen and oxygen atoms in total. The molecule has 0 amide bonds. The van der Waals surface area contributed by atoms with Crippen LogP contribution in [-0.4, -0.2) is 17.3 Å². The summed E-state index contributed by atoms with van der Waals surface area (Å²) in [4.78, 5) is 12.1. The van der Waals surface area contributed by atoms with Gasteiger partial charge in [0.1, 0.15) is 22.8 Å². The zero-order valence-corrected chi connectivity index (χ0v) is 14.0. The molecular weight excluding hydrogens is 320 g/mol. The molecule has 0 aliphatic rings. The number of para-hydroxylation sites is 1. The molecule has 25 heavy (non-hydrogen) atoms. The quantitative estimate of drug-likeness (QED) is 0.527. The molecule has 3 rings (SSSR count). The molecule has 0 radical (unpaired) electrons. The van der Waals surface area contributed by atoms with E-state index in [0.717, 1.165) is 30.6 Å². The number of phenolic OH excluding ortho intramolecular Hbond substituents is 1. The molecule has 0 aliphatic heterocycles. The zero-order chi connectivity index (χ0) is 17.8. The maximum absolute atomic E-state index is 12.1. The summed E-state index contributed by atoms with van der Waals surface area (Å²) < 4.78 is 10.5. The van der Waals surface area contributed by atoms with E-state index in [-0.39, 0.29) is 22.6 Å². The average molecular weight is 340 g/mol. The Morgan fingerprint density at radius 1 is 1.04 bits per heavy atom. The predicted octanol–water partition coefficient (Wildman–Crippen LogP) is 3.78. The van der Waals surface area contributed by atoms with Crippen LogP contribution in [0, 0.1) is 0 Å². The van der Waals surface area contributed by atoms with Crippen molar-refractivity contribution < 1.29 is 19.4 Å². The summed E-state index contributed by atoms with van der Waals surface area (Å²) in [5.74, 6) is 0.776. The number of aromatic hydroxyl groups is 2. The van der Waals surface area contributed by atoms with Crippen molar-refractivity contribution in [2.45, 2.75) is 25.7 Å². The molecule has 2 aromatic carbocycles. The van der Waals surface area contributed by atoms with Gasteiger partial charge in [0.25, 0.3) is 0 Å². The number of hydrogen-bond donors (Lipinski definition) is 2. The van der Waals surface area contributed by atoms with Gasteiger partial charge in [-0.05, 0) is 49.4 Å². The number of aryl methyl sites for hydroxylation is 1. The van der Waals surface area contributed by atoms with Gasteiger partial charge in [-0.2, -0.15) is 0 Å². The fourth-order valence-corrected chi connectivity index (χ4v) is 2.96. The third-order valence-electron chi connectivity index (χ3n) is 4.27. The van der Waals surface area contributed by atoms with Gasteiger partial charge in [-0.15, -0.1) is 0 Å². The molecular formula is C20H20O5. The van der Waals surface area contributed by atoms with Gasteiger partial charge >= 0.3 is 5.63 Å². The lowest BCUT2D eigenvalue weighted by Crippen LogP contribution is -2.08. The number of fused-ring (bicyclic) bond motifs is 1. The van der Waals surface area contributed by atoms with E-state index >= 15 is 0 Å². The van der Waals surface area contributed by atoms with Gasteiger partial charge in [0.05, 0.1) is 18.1 Å². The Hall–Kier alpha value is -2.95. The zero-order valence-electron chi connectivity index (χ0n) is 14.0. The number of methoxy groups -OCH3 is 1. The number of unbranched alkanes of at least 4 members (excludes halogenated alkanes) is 1. The lowest BCUT2D eigenvalue weighted by atomic mass is 10.0. The lowest BCUT2D eigenvalue weighted by Gasteiger charge is -2.09. The molecule has 0 saturated carbocycles. The second-order valence-electron chi connectivity index (χ2n) is 5.92. The van der Waals surface area contributed by atoms with E-state index in [4.69, 9.17) is 9.15 Å². The van der Waals surface area contributed by atoms with Crippen molar-refractivity contribution in [2.24, 2.45) is 0 Å². The molecule has 0 saturated heterocycles. The Morgan fingerprint density at radius 3 is 2.60 bits per heavy atom. The van der Waals surface area contributed by atoms with Crippen molar-refractivity contribution in [2.75, 3.05) is 7.11 Å². The van der Waals surface area contributed by atoms with Gasteiger partial charge in [0.2, 0.25) is 0 Å². The standard InChI is InChI=1S/C20H20O5/c1-24-17-9-5-3-7-13(17)6-2-4-8-16-19(22)15-11-10-14(21)12-18(15)25-20(16)23/h3,5,7,9-12,21-22H,2,4,6,8H2,1H3. The molecule has 1 aromatic heterocycles. The van der Waals surface area contributed by atoms with E-state index in [9.17, 15) is 15.0 Å². The molecule has 0 aliphatic carbocycles. The van der Waals surface area contributed by atoms with E-state index in [0.29, 0.717) is 11.8 Å². The predicted molar refractivity (Wildman–Crippen MR) is 95.4 cm³/mol. The minimum atomic E-state index is -0.562. The second kappa shape index (κ2) is 7.30. The smallest absolute Gasteiger partial charge is 0.343 e. The van der Waals surface area contributed by atoms with E-state index in [1.165, 1.54) is 12.1 Å². The van der Waals surface area contributed by atoms with Gasteiger partial charge in [-0.25, -0.2) is 4.79 Å². The van der Waals surface area contributed by atoms with Crippen LogP contribution in [0.25, 0.3) is 11.0 Å². The average Bonchev–Trinajstić information content (AvgIpc) is 2.61. The summed E-state index contributed by atoms with van der Waals surface area (Å²) in [5, 5.41) is 20.2. The van der Waals surface area contributed by atoms with E-state index in [2.05, 4.69) is 0 Å². The maximum atomic E-state index is 12.1. The third kappa shape index (κ3) is 3.60. The van der Waals surface area contributed by atoms with Crippen LogP contribution in [0.5, 0.6) is 17.2 Å². The van der Waals surface area contributed by atoms with Crippen LogP contribution in [0.4, 0.5) is 0 Å². The minimum Gasteiger partial charge on any atom is -0.508 e. The largest absolute Gasteiger partial charge is 0.508 e. The van der Waals surface area contributed by atoms with Crippen LogP contribution in [0.3, 0.4) is 0 Å². The van der Waals surface area contributed by atoms with E-state index in [1.54, 1.807) is 13.2 Å². The molecule has 0 bridgehead atoms. The van der Waals surface area contributed by atoms with Gasteiger partial charge < -0.3 is 19.4 Å². The second-order valence-corrected chi connectivity index (χ2v) is 5.92. The number of rotatable bonds is 6. The molecule has 0 fully saturated rings. The monoisotopic (exact) mass is 340 g/mol. The molecule has 130 valence electrons. The number of hydrogen-bond acceptors (Lipinski definition) is 5. The summed E-state index contributed by atoms with van der Waals surface area (Å²) >= 11 is 0. The summed E-state index contributed by atoms with van der Waals surface area (Å²) in [6.07, 6.45) is 2.85. The minimum absolute atomic E-state index is 0.0143. The molecule has 0 spiro atoms. The molecule has 2 N–H and O–H groups in total. The Labute approximate surface area is 145 Å². The maximum Gasteiger partial charge on any atom is 0.343 e. The highest BCUT2D eigenvalue weighted by molar-refractivity contribution is 5.85. The van der Waals surface area contributed by atoms with Gasteiger partial charge in [-0.3, -0.25) is 0 Å². The fourth-order valence-electron chi connectivity index (χ4n) is 2.96. The highest BCUT2D eigenvalue weighted by Gasteiger charge is 2.14. The number of benzene rings is 2. The Bertz CT molecular complexity index is 942. The van der Waals surface area contributed by atoms with Gasteiger partial charge in [0.15, 0.2) is 0 Å². The van der Waals surface area contributed by atoms with Crippen LogP contribution in [0.2, 0.25) is 0 Å². The van der Waals surface area contributed by atoms with Crippen molar-refractivity contribution in [3.05, 3.63) is 64.0 Å². The lowest BCUT2D eigenvalue weighted by molar-refractivity contribution is 0.408. The first kappa shape index (κ1) is 16.9. The number of ether oxygens (including phenoxy) is 1. The highest BCUT2D eigenvalue weighted by atomic mass is 16.5. The van der Waals surface area contributed by atoms with Gasteiger partial charge in [-0.1, -0.05) is 18.2 Å². The summed E-state index contributed by atoms with van der Waals surface area (Å²) in [7, 11) is 1.65. The topological polar surface area (TPSA) is 79.9 Å². The molecule has 5 heteroatoms. The molecule has 0 unspecified atom stereocenters. The molecule has 0 atom stereocenters. The highest BCUT2D eigenvalue weighted by Crippen LogP contribution is 2.29.